The van der Waals surface area contributed by atoms with Gasteiger partial charge in [-0.25, -0.2) is 0 Å². The van der Waals surface area contributed by atoms with Crippen molar-refractivity contribution >= 4 is 5.91 Å². The molecule has 3 heteroatoms. The molecule has 0 aliphatic heterocycles. The average Bonchev–Trinajstić information content (AvgIpc) is 2.23. The van der Waals surface area contributed by atoms with Crippen LogP contribution in [0.2, 0.25) is 0 Å². The molecular formula is C12H25NO2. The SMILES string of the molecule is CCC(CC)(CC)NC(=O)CCC(C)O. The molecule has 0 aliphatic carbocycles. The van der Waals surface area contributed by atoms with Crippen LogP contribution in [0.3, 0.4) is 0 Å². The molecule has 1 atom stereocenters. The van der Waals surface area contributed by atoms with Crippen LogP contribution in [0.4, 0.5) is 0 Å². The Morgan fingerprint density at radius 3 is 2.07 bits per heavy atom. The van der Waals surface area contributed by atoms with Gasteiger partial charge in [-0.3, -0.25) is 4.79 Å². The van der Waals surface area contributed by atoms with Gasteiger partial charge in [0.05, 0.1) is 6.10 Å². The maximum absolute atomic E-state index is 11.6. The van der Waals surface area contributed by atoms with Crippen molar-refractivity contribution in [2.45, 2.75) is 71.4 Å². The topological polar surface area (TPSA) is 49.3 Å². The van der Waals surface area contributed by atoms with E-state index in [0.717, 1.165) is 19.3 Å². The first kappa shape index (κ1) is 14.4. The van der Waals surface area contributed by atoms with Gasteiger partial charge < -0.3 is 10.4 Å². The van der Waals surface area contributed by atoms with Crippen LogP contribution in [-0.4, -0.2) is 22.7 Å². The summed E-state index contributed by atoms with van der Waals surface area (Å²) in [5, 5.41) is 12.2. The monoisotopic (exact) mass is 215 g/mol. The van der Waals surface area contributed by atoms with Crippen LogP contribution in [-0.2, 0) is 4.79 Å². The van der Waals surface area contributed by atoms with Crippen LogP contribution in [0.15, 0.2) is 0 Å². The summed E-state index contributed by atoms with van der Waals surface area (Å²) in [6.45, 7) is 8.01. The second-order valence-electron chi connectivity index (χ2n) is 4.28. The largest absolute Gasteiger partial charge is 0.393 e. The van der Waals surface area contributed by atoms with E-state index in [2.05, 4.69) is 26.1 Å². The molecule has 1 amide bonds. The van der Waals surface area contributed by atoms with Crippen molar-refractivity contribution in [3.63, 3.8) is 0 Å². The highest BCUT2D eigenvalue weighted by Gasteiger charge is 2.25. The van der Waals surface area contributed by atoms with Gasteiger partial charge in [-0.1, -0.05) is 20.8 Å². The minimum Gasteiger partial charge on any atom is -0.393 e. The third-order valence-corrected chi connectivity index (χ3v) is 3.22. The van der Waals surface area contributed by atoms with Crippen molar-refractivity contribution in [1.29, 1.82) is 0 Å². The Morgan fingerprint density at radius 2 is 1.73 bits per heavy atom. The van der Waals surface area contributed by atoms with Crippen LogP contribution in [0.5, 0.6) is 0 Å². The molecule has 0 bridgehead atoms. The fourth-order valence-electron chi connectivity index (χ4n) is 1.71. The molecule has 15 heavy (non-hydrogen) atoms. The van der Waals surface area contributed by atoms with E-state index in [1.165, 1.54) is 0 Å². The van der Waals surface area contributed by atoms with Gasteiger partial charge in [-0.15, -0.1) is 0 Å². The molecule has 0 rings (SSSR count). The van der Waals surface area contributed by atoms with Crippen molar-refractivity contribution in [2.24, 2.45) is 0 Å². The molecule has 0 aliphatic rings. The number of nitrogens with one attached hydrogen (secondary N) is 1. The molecule has 0 fully saturated rings. The van der Waals surface area contributed by atoms with Crippen LogP contribution >= 0.6 is 0 Å². The Morgan fingerprint density at radius 1 is 1.27 bits per heavy atom. The van der Waals surface area contributed by atoms with Crippen molar-refractivity contribution in [1.82, 2.24) is 5.32 Å². The molecule has 0 aromatic rings. The minimum atomic E-state index is -0.393. The van der Waals surface area contributed by atoms with Gasteiger partial charge >= 0.3 is 0 Å². The van der Waals surface area contributed by atoms with Gasteiger partial charge in [-0.05, 0) is 32.6 Å². The van der Waals surface area contributed by atoms with E-state index in [9.17, 15) is 4.79 Å². The predicted molar refractivity (Wildman–Crippen MR) is 62.7 cm³/mol. The van der Waals surface area contributed by atoms with Gasteiger partial charge in [0.1, 0.15) is 0 Å². The summed E-state index contributed by atoms with van der Waals surface area (Å²) in [5.41, 5.74) is -0.0459. The van der Waals surface area contributed by atoms with E-state index in [0.29, 0.717) is 12.8 Å². The maximum Gasteiger partial charge on any atom is 0.220 e. The highest BCUT2D eigenvalue weighted by atomic mass is 16.3. The highest BCUT2D eigenvalue weighted by molar-refractivity contribution is 5.76. The molecule has 0 saturated carbocycles. The molecule has 0 saturated heterocycles. The number of carbonyl (C=O) groups is 1. The zero-order valence-electron chi connectivity index (χ0n) is 10.5. The summed E-state index contributed by atoms with van der Waals surface area (Å²) < 4.78 is 0. The summed E-state index contributed by atoms with van der Waals surface area (Å²) >= 11 is 0. The molecule has 2 N–H and O–H groups in total. The van der Waals surface area contributed by atoms with E-state index in [-0.39, 0.29) is 11.4 Å². The number of aliphatic hydroxyl groups is 1. The van der Waals surface area contributed by atoms with Crippen molar-refractivity contribution in [2.75, 3.05) is 0 Å². The van der Waals surface area contributed by atoms with Crippen molar-refractivity contribution < 1.29 is 9.90 Å². The maximum atomic E-state index is 11.6. The first-order chi connectivity index (χ1) is 6.99. The van der Waals surface area contributed by atoms with Gasteiger partial charge in [0.25, 0.3) is 0 Å². The molecular weight excluding hydrogens is 190 g/mol. The second-order valence-corrected chi connectivity index (χ2v) is 4.28. The Bertz CT molecular complexity index is 178. The molecule has 90 valence electrons. The van der Waals surface area contributed by atoms with E-state index in [4.69, 9.17) is 5.11 Å². The highest BCUT2D eigenvalue weighted by Crippen LogP contribution is 2.19. The lowest BCUT2D eigenvalue weighted by molar-refractivity contribution is -0.123. The fraction of sp³-hybridized carbons (Fsp3) is 0.917. The third-order valence-electron chi connectivity index (χ3n) is 3.22. The summed E-state index contributed by atoms with van der Waals surface area (Å²) in [4.78, 5) is 11.6. The van der Waals surface area contributed by atoms with E-state index in [1.54, 1.807) is 6.92 Å². The van der Waals surface area contributed by atoms with E-state index >= 15 is 0 Å². The van der Waals surface area contributed by atoms with Crippen molar-refractivity contribution in [3.8, 4) is 0 Å². The molecule has 0 aromatic heterocycles. The lowest BCUT2D eigenvalue weighted by Crippen LogP contribution is -2.47. The first-order valence-corrected chi connectivity index (χ1v) is 5.98. The van der Waals surface area contributed by atoms with Crippen molar-refractivity contribution in [3.05, 3.63) is 0 Å². The van der Waals surface area contributed by atoms with Crippen LogP contribution < -0.4 is 5.32 Å². The molecule has 0 aromatic carbocycles. The molecule has 0 spiro atoms. The molecule has 3 nitrogen and oxygen atoms in total. The summed E-state index contributed by atoms with van der Waals surface area (Å²) in [5.74, 6) is 0.0569. The summed E-state index contributed by atoms with van der Waals surface area (Å²) in [6.07, 6.45) is 3.44. The number of amides is 1. The van der Waals surface area contributed by atoms with Gasteiger partial charge in [0, 0.05) is 12.0 Å². The Labute approximate surface area is 93.3 Å². The zero-order valence-corrected chi connectivity index (χ0v) is 10.5. The summed E-state index contributed by atoms with van der Waals surface area (Å²) in [7, 11) is 0. The third kappa shape index (κ3) is 5.17. The molecule has 1 unspecified atom stereocenters. The molecule has 0 radical (unpaired) electrons. The average molecular weight is 215 g/mol. The summed E-state index contributed by atoms with van der Waals surface area (Å²) in [6, 6.07) is 0. The first-order valence-electron chi connectivity index (χ1n) is 5.98. The second kappa shape index (κ2) is 6.83. The number of hydrogen-bond donors (Lipinski definition) is 2. The number of carbonyl (C=O) groups excluding carboxylic acids is 1. The fourth-order valence-corrected chi connectivity index (χ4v) is 1.71. The lowest BCUT2D eigenvalue weighted by Gasteiger charge is -2.31. The lowest BCUT2D eigenvalue weighted by atomic mass is 9.89. The van der Waals surface area contributed by atoms with E-state index in [1.807, 2.05) is 0 Å². The van der Waals surface area contributed by atoms with Gasteiger partial charge in [-0.2, -0.15) is 0 Å². The Hall–Kier alpha value is -0.570. The van der Waals surface area contributed by atoms with Crippen LogP contribution in [0.1, 0.15) is 59.8 Å². The van der Waals surface area contributed by atoms with Crippen LogP contribution in [0.25, 0.3) is 0 Å². The number of aliphatic hydroxyl groups excluding tert-OH is 1. The normalized spacial score (nSPS) is 13.7. The molecule has 0 heterocycles. The Kier molecular flexibility index (Phi) is 6.57. The standard InChI is InChI=1S/C12H25NO2/c1-5-12(6-2,7-3)13-11(15)9-8-10(4)14/h10,14H,5-9H2,1-4H3,(H,13,15). The van der Waals surface area contributed by atoms with Crippen LogP contribution in [0, 0.1) is 0 Å². The quantitative estimate of drug-likeness (QED) is 0.684. The van der Waals surface area contributed by atoms with Gasteiger partial charge in [0.2, 0.25) is 5.91 Å². The zero-order chi connectivity index (χ0) is 11.9. The number of rotatable bonds is 7. The smallest absolute Gasteiger partial charge is 0.220 e. The Balaban J connectivity index is 4.11. The predicted octanol–water partition coefficient (Wildman–Crippen LogP) is 2.23. The number of hydrogen-bond acceptors (Lipinski definition) is 2. The minimum absolute atomic E-state index is 0.0459. The van der Waals surface area contributed by atoms with Gasteiger partial charge in [0.15, 0.2) is 0 Å². The van der Waals surface area contributed by atoms with E-state index < -0.39 is 6.10 Å².